The predicted octanol–water partition coefficient (Wildman–Crippen LogP) is 3.90. The first-order chi connectivity index (χ1) is 7.69. The van der Waals surface area contributed by atoms with Crippen molar-refractivity contribution < 1.29 is 4.74 Å². The van der Waals surface area contributed by atoms with Crippen LogP contribution >= 0.6 is 0 Å². The fraction of sp³-hybridized carbons (Fsp3) is 0.467. The fourth-order valence-electron chi connectivity index (χ4n) is 2.78. The van der Waals surface area contributed by atoms with E-state index < -0.39 is 0 Å². The molecular formula is C15H20O. The van der Waals surface area contributed by atoms with Crippen LogP contribution in [0.1, 0.15) is 32.3 Å². The lowest BCUT2D eigenvalue weighted by Crippen LogP contribution is -2.37. The van der Waals surface area contributed by atoms with E-state index in [1.165, 1.54) is 11.1 Å². The van der Waals surface area contributed by atoms with Gasteiger partial charge in [-0.3, -0.25) is 0 Å². The summed E-state index contributed by atoms with van der Waals surface area (Å²) in [6.45, 7) is 4.49. The van der Waals surface area contributed by atoms with Gasteiger partial charge in [-0.05, 0) is 31.2 Å². The first-order valence-electron chi connectivity index (χ1n) is 5.95. The Bertz CT molecular complexity index is 380. The van der Waals surface area contributed by atoms with Crippen molar-refractivity contribution in [1.29, 1.82) is 0 Å². The van der Waals surface area contributed by atoms with Crippen molar-refractivity contribution in [2.24, 2.45) is 5.92 Å². The van der Waals surface area contributed by atoms with Crippen molar-refractivity contribution in [3.8, 4) is 0 Å². The van der Waals surface area contributed by atoms with Crippen LogP contribution in [0.4, 0.5) is 0 Å². The zero-order chi connectivity index (χ0) is 11.6. The average Bonchev–Trinajstić information content (AvgIpc) is 2.31. The minimum absolute atomic E-state index is 0.124. The van der Waals surface area contributed by atoms with E-state index in [9.17, 15) is 0 Å². The topological polar surface area (TPSA) is 9.23 Å². The van der Waals surface area contributed by atoms with Gasteiger partial charge in [0.2, 0.25) is 0 Å². The highest BCUT2D eigenvalue weighted by Crippen LogP contribution is 2.43. The van der Waals surface area contributed by atoms with Crippen LogP contribution in [0.5, 0.6) is 0 Å². The summed E-state index contributed by atoms with van der Waals surface area (Å²) in [5.74, 6) is 0.532. The van der Waals surface area contributed by atoms with Gasteiger partial charge in [-0.15, -0.1) is 0 Å². The molecule has 2 atom stereocenters. The molecule has 1 nitrogen and oxygen atoms in total. The number of rotatable bonds is 2. The maximum Gasteiger partial charge on any atom is 0.0990 e. The predicted molar refractivity (Wildman–Crippen MR) is 67.3 cm³/mol. The second-order valence-corrected chi connectivity index (χ2v) is 4.82. The van der Waals surface area contributed by atoms with Crippen LogP contribution in [0.2, 0.25) is 0 Å². The van der Waals surface area contributed by atoms with E-state index in [2.05, 4.69) is 50.3 Å². The highest BCUT2D eigenvalue weighted by molar-refractivity contribution is 5.27. The van der Waals surface area contributed by atoms with Crippen LogP contribution in [-0.2, 0) is 10.3 Å². The lowest BCUT2D eigenvalue weighted by Gasteiger charge is -2.41. The fourth-order valence-corrected chi connectivity index (χ4v) is 2.78. The molecule has 2 unspecified atom stereocenters. The van der Waals surface area contributed by atoms with Crippen molar-refractivity contribution in [2.45, 2.75) is 32.3 Å². The molecule has 0 spiro atoms. The van der Waals surface area contributed by atoms with Crippen LogP contribution < -0.4 is 0 Å². The van der Waals surface area contributed by atoms with Crippen molar-refractivity contribution in [3.05, 3.63) is 47.5 Å². The zero-order valence-electron chi connectivity index (χ0n) is 10.4. The Hall–Kier alpha value is -1.08. The van der Waals surface area contributed by atoms with E-state index >= 15 is 0 Å². The highest BCUT2D eigenvalue weighted by Gasteiger charge is 2.39. The Kier molecular flexibility index (Phi) is 3.15. The Labute approximate surface area is 98.1 Å². The van der Waals surface area contributed by atoms with Crippen molar-refractivity contribution in [3.63, 3.8) is 0 Å². The van der Waals surface area contributed by atoms with Crippen LogP contribution in [0, 0.1) is 5.92 Å². The Morgan fingerprint density at radius 1 is 1.25 bits per heavy atom. The van der Waals surface area contributed by atoms with Gasteiger partial charge in [0.25, 0.3) is 0 Å². The molecule has 0 fully saturated rings. The number of hydrogen-bond acceptors (Lipinski definition) is 1. The average molecular weight is 216 g/mol. The van der Waals surface area contributed by atoms with Crippen LogP contribution in [0.25, 0.3) is 0 Å². The Balaban J connectivity index is 2.41. The molecule has 0 saturated carbocycles. The molecular weight excluding hydrogens is 196 g/mol. The summed E-state index contributed by atoms with van der Waals surface area (Å²) in [5, 5.41) is 0. The van der Waals surface area contributed by atoms with Crippen molar-refractivity contribution in [1.82, 2.24) is 0 Å². The summed E-state index contributed by atoms with van der Waals surface area (Å²) in [5.41, 5.74) is 2.66. The number of benzene rings is 1. The van der Waals surface area contributed by atoms with Gasteiger partial charge in [0.15, 0.2) is 0 Å². The zero-order valence-corrected chi connectivity index (χ0v) is 10.4. The lowest BCUT2D eigenvalue weighted by molar-refractivity contribution is -0.0613. The van der Waals surface area contributed by atoms with Gasteiger partial charge < -0.3 is 4.74 Å². The van der Waals surface area contributed by atoms with E-state index in [4.69, 9.17) is 4.74 Å². The minimum Gasteiger partial charge on any atom is -0.373 e. The Morgan fingerprint density at radius 3 is 2.50 bits per heavy atom. The van der Waals surface area contributed by atoms with E-state index in [0.717, 1.165) is 12.8 Å². The number of allylic oxidation sites excluding steroid dienone is 1. The van der Waals surface area contributed by atoms with Crippen LogP contribution in [0.15, 0.2) is 42.0 Å². The summed E-state index contributed by atoms with van der Waals surface area (Å²) >= 11 is 0. The molecule has 0 N–H and O–H groups in total. The van der Waals surface area contributed by atoms with Gasteiger partial charge in [-0.25, -0.2) is 0 Å². The van der Waals surface area contributed by atoms with Crippen molar-refractivity contribution in [2.75, 3.05) is 7.11 Å². The molecule has 0 bridgehead atoms. The molecule has 0 amide bonds. The van der Waals surface area contributed by atoms with E-state index in [0.29, 0.717) is 5.92 Å². The van der Waals surface area contributed by atoms with Gasteiger partial charge in [0, 0.05) is 7.11 Å². The first kappa shape index (κ1) is 11.4. The first-order valence-corrected chi connectivity index (χ1v) is 5.95. The van der Waals surface area contributed by atoms with Gasteiger partial charge in [-0.2, -0.15) is 0 Å². The molecule has 0 heterocycles. The minimum atomic E-state index is -0.124. The van der Waals surface area contributed by atoms with Gasteiger partial charge in [0.05, 0.1) is 5.60 Å². The quantitative estimate of drug-likeness (QED) is 0.681. The van der Waals surface area contributed by atoms with Crippen LogP contribution in [0.3, 0.4) is 0 Å². The van der Waals surface area contributed by atoms with Gasteiger partial charge >= 0.3 is 0 Å². The second kappa shape index (κ2) is 4.42. The SMILES string of the molecule is COC1(c2ccccc2)CC=C(C)CC1C. The summed E-state index contributed by atoms with van der Waals surface area (Å²) in [6, 6.07) is 10.6. The maximum atomic E-state index is 5.88. The molecule has 86 valence electrons. The van der Waals surface area contributed by atoms with Gasteiger partial charge in [0.1, 0.15) is 0 Å². The van der Waals surface area contributed by atoms with Crippen LogP contribution in [-0.4, -0.2) is 7.11 Å². The number of hydrogen-bond donors (Lipinski definition) is 0. The lowest BCUT2D eigenvalue weighted by atomic mass is 9.73. The van der Waals surface area contributed by atoms with E-state index in [1.54, 1.807) is 0 Å². The third kappa shape index (κ3) is 1.80. The smallest absolute Gasteiger partial charge is 0.0990 e. The molecule has 1 aromatic rings. The summed E-state index contributed by atoms with van der Waals surface area (Å²) in [4.78, 5) is 0. The van der Waals surface area contributed by atoms with E-state index in [-0.39, 0.29) is 5.60 Å². The molecule has 1 aliphatic rings. The molecule has 16 heavy (non-hydrogen) atoms. The normalized spacial score (nSPS) is 29.9. The van der Waals surface area contributed by atoms with Crippen molar-refractivity contribution >= 4 is 0 Å². The monoisotopic (exact) mass is 216 g/mol. The van der Waals surface area contributed by atoms with E-state index in [1.807, 2.05) is 7.11 Å². The highest BCUT2D eigenvalue weighted by atomic mass is 16.5. The molecule has 1 heteroatoms. The molecule has 0 radical (unpaired) electrons. The molecule has 2 rings (SSSR count). The molecule has 1 aromatic carbocycles. The standard InChI is InChI=1S/C15H20O/c1-12-9-10-15(16-3,13(2)11-12)14-7-5-4-6-8-14/h4-9,13H,10-11H2,1-3H3. The Morgan fingerprint density at radius 2 is 1.94 bits per heavy atom. The number of ether oxygens (including phenoxy) is 1. The third-order valence-corrected chi connectivity index (χ3v) is 3.80. The maximum absolute atomic E-state index is 5.88. The second-order valence-electron chi connectivity index (χ2n) is 4.82. The third-order valence-electron chi connectivity index (χ3n) is 3.80. The molecule has 0 aliphatic heterocycles. The largest absolute Gasteiger partial charge is 0.373 e. The summed E-state index contributed by atoms with van der Waals surface area (Å²) in [6.07, 6.45) is 4.43. The molecule has 1 aliphatic carbocycles. The summed E-state index contributed by atoms with van der Waals surface area (Å²) < 4.78 is 5.88. The summed E-state index contributed by atoms with van der Waals surface area (Å²) in [7, 11) is 1.83. The number of methoxy groups -OCH3 is 1. The molecule has 0 aromatic heterocycles. The van der Waals surface area contributed by atoms with Gasteiger partial charge in [-0.1, -0.05) is 48.9 Å². The molecule has 0 saturated heterocycles.